The molecule has 3 heterocycles. The fourth-order valence-electron chi connectivity index (χ4n) is 1.89. The molecule has 22 heavy (non-hydrogen) atoms. The second-order valence-electron chi connectivity index (χ2n) is 4.78. The molecule has 1 atom stereocenters. The van der Waals surface area contributed by atoms with E-state index in [0.29, 0.717) is 10.8 Å². The summed E-state index contributed by atoms with van der Waals surface area (Å²) in [4.78, 5) is 13.5. The summed E-state index contributed by atoms with van der Waals surface area (Å²) >= 11 is 1.31. The molecule has 3 aromatic heterocycles. The monoisotopic (exact) mass is 318 g/mol. The number of hydrogen-bond donors (Lipinski definition) is 0. The van der Waals surface area contributed by atoms with E-state index in [-0.39, 0.29) is 5.89 Å². The predicted octanol–water partition coefficient (Wildman–Crippen LogP) is 3.93. The molecule has 0 aliphatic carbocycles. The summed E-state index contributed by atoms with van der Waals surface area (Å²) in [6.07, 6.45) is -0.592. The van der Waals surface area contributed by atoms with E-state index in [1.807, 2.05) is 25.1 Å². The fraction of sp³-hybridized carbons (Fsp3) is 0.267. The number of ether oxygens (including phenoxy) is 1. The van der Waals surface area contributed by atoms with Gasteiger partial charge in [-0.25, -0.2) is 4.79 Å². The van der Waals surface area contributed by atoms with Crippen molar-refractivity contribution < 1.29 is 18.4 Å². The number of aromatic nitrogens is 2. The number of carbonyl (C=O) groups is 1. The molecule has 0 amide bonds. The van der Waals surface area contributed by atoms with E-state index in [1.54, 1.807) is 19.9 Å². The van der Waals surface area contributed by atoms with Gasteiger partial charge in [0.1, 0.15) is 16.4 Å². The highest BCUT2D eigenvalue weighted by molar-refractivity contribution is 7.17. The molecule has 0 saturated heterocycles. The number of aryl methyl sites for hydroxylation is 2. The second kappa shape index (κ2) is 5.76. The maximum absolute atomic E-state index is 12.2. The van der Waals surface area contributed by atoms with Gasteiger partial charge in [-0.1, -0.05) is 0 Å². The van der Waals surface area contributed by atoms with Gasteiger partial charge in [0.15, 0.2) is 6.10 Å². The van der Waals surface area contributed by atoms with Gasteiger partial charge in [-0.05, 0) is 38.1 Å². The molecule has 0 bridgehead atoms. The van der Waals surface area contributed by atoms with Crippen LogP contribution in [0.4, 0.5) is 0 Å². The number of hydrogen-bond acceptors (Lipinski definition) is 7. The van der Waals surface area contributed by atoms with Gasteiger partial charge in [-0.3, -0.25) is 0 Å². The summed E-state index contributed by atoms with van der Waals surface area (Å²) in [6, 6.07) is 7.31. The third-order valence-electron chi connectivity index (χ3n) is 2.96. The molecule has 0 aromatic carbocycles. The summed E-state index contributed by atoms with van der Waals surface area (Å²) in [7, 11) is 0. The Morgan fingerprint density at radius 1 is 1.18 bits per heavy atom. The van der Waals surface area contributed by atoms with Crippen molar-refractivity contribution in [1.82, 2.24) is 10.2 Å². The van der Waals surface area contributed by atoms with E-state index in [9.17, 15) is 4.79 Å². The van der Waals surface area contributed by atoms with Gasteiger partial charge in [0.25, 0.3) is 5.89 Å². The number of esters is 1. The number of furan rings is 1. The zero-order valence-corrected chi connectivity index (χ0v) is 13.1. The molecule has 0 unspecified atom stereocenters. The SMILES string of the molecule is Cc1ccc(-c2ccc(C(=O)O[C@@H](C)c3nnc(C)o3)s2)o1. The van der Waals surface area contributed by atoms with Gasteiger partial charge in [0.05, 0.1) is 4.88 Å². The van der Waals surface area contributed by atoms with Crippen LogP contribution in [0, 0.1) is 13.8 Å². The summed E-state index contributed by atoms with van der Waals surface area (Å²) in [5, 5.41) is 7.56. The van der Waals surface area contributed by atoms with E-state index in [1.165, 1.54) is 11.3 Å². The van der Waals surface area contributed by atoms with Gasteiger partial charge in [-0.15, -0.1) is 21.5 Å². The zero-order valence-electron chi connectivity index (χ0n) is 12.3. The standard InChI is InChI=1S/C15H14N2O4S/c1-8-4-5-11(19-8)12-6-7-13(22-12)15(18)20-9(2)14-17-16-10(3)21-14/h4-7,9H,1-3H3/t9-/m0/s1. The van der Waals surface area contributed by atoms with Crippen LogP contribution in [0.5, 0.6) is 0 Å². The largest absolute Gasteiger partial charge is 0.461 e. The Morgan fingerprint density at radius 2 is 2.00 bits per heavy atom. The molecule has 0 aliphatic heterocycles. The summed E-state index contributed by atoms with van der Waals surface area (Å²) in [6.45, 7) is 5.25. The fourth-order valence-corrected chi connectivity index (χ4v) is 2.74. The Morgan fingerprint density at radius 3 is 2.64 bits per heavy atom. The number of thiophene rings is 1. The predicted molar refractivity (Wildman–Crippen MR) is 79.6 cm³/mol. The first kappa shape index (κ1) is 14.5. The lowest BCUT2D eigenvalue weighted by atomic mass is 10.3. The molecular formula is C15H14N2O4S. The van der Waals surface area contributed by atoms with E-state index in [2.05, 4.69) is 10.2 Å². The van der Waals surface area contributed by atoms with E-state index >= 15 is 0 Å². The quantitative estimate of drug-likeness (QED) is 0.678. The van der Waals surface area contributed by atoms with Gasteiger partial charge in [0.2, 0.25) is 5.89 Å². The number of rotatable bonds is 4. The molecule has 7 heteroatoms. The first-order valence-corrected chi connectivity index (χ1v) is 7.52. The van der Waals surface area contributed by atoms with Crippen LogP contribution in [0.2, 0.25) is 0 Å². The van der Waals surface area contributed by atoms with E-state index < -0.39 is 12.1 Å². The van der Waals surface area contributed by atoms with Crippen LogP contribution in [0.25, 0.3) is 10.6 Å². The Kier molecular flexibility index (Phi) is 3.81. The van der Waals surface area contributed by atoms with Crippen LogP contribution in [0.1, 0.15) is 40.2 Å². The van der Waals surface area contributed by atoms with Crippen molar-refractivity contribution in [3.05, 3.63) is 46.7 Å². The Balaban J connectivity index is 1.71. The van der Waals surface area contributed by atoms with Gasteiger partial charge in [0, 0.05) is 6.92 Å². The molecule has 3 rings (SSSR count). The van der Waals surface area contributed by atoms with Gasteiger partial charge < -0.3 is 13.6 Å². The van der Waals surface area contributed by atoms with Crippen LogP contribution >= 0.6 is 11.3 Å². The minimum absolute atomic E-state index is 0.282. The van der Waals surface area contributed by atoms with Crippen molar-refractivity contribution in [2.45, 2.75) is 26.9 Å². The molecular weight excluding hydrogens is 304 g/mol. The molecule has 0 spiro atoms. The lowest BCUT2D eigenvalue weighted by molar-refractivity contribution is 0.0282. The maximum atomic E-state index is 12.2. The Bertz CT molecular complexity index is 802. The molecule has 3 aromatic rings. The lowest BCUT2D eigenvalue weighted by Crippen LogP contribution is -2.08. The number of carbonyl (C=O) groups excluding carboxylic acids is 1. The van der Waals surface area contributed by atoms with Crippen molar-refractivity contribution in [1.29, 1.82) is 0 Å². The molecule has 0 N–H and O–H groups in total. The van der Waals surface area contributed by atoms with Crippen LogP contribution in [0.3, 0.4) is 0 Å². The smallest absolute Gasteiger partial charge is 0.349 e. The van der Waals surface area contributed by atoms with Crippen molar-refractivity contribution in [2.75, 3.05) is 0 Å². The highest BCUT2D eigenvalue weighted by Gasteiger charge is 2.20. The van der Waals surface area contributed by atoms with Crippen LogP contribution in [-0.4, -0.2) is 16.2 Å². The molecule has 0 radical (unpaired) electrons. The molecule has 0 saturated carbocycles. The van der Waals surface area contributed by atoms with Gasteiger partial charge in [-0.2, -0.15) is 0 Å². The number of nitrogens with zero attached hydrogens (tertiary/aromatic N) is 2. The van der Waals surface area contributed by atoms with Crippen molar-refractivity contribution in [3.8, 4) is 10.6 Å². The van der Waals surface area contributed by atoms with E-state index in [0.717, 1.165) is 16.4 Å². The average molecular weight is 318 g/mol. The third-order valence-corrected chi connectivity index (χ3v) is 4.04. The van der Waals surface area contributed by atoms with E-state index in [4.69, 9.17) is 13.6 Å². The zero-order chi connectivity index (χ0) is 15.7. The van der Waals surface area contributed by atoms with Crippen molar-refractivity contribution in [2.24, 2.45) is 0 Å². The lowest BCUT2D eigenvalue weighted by Gasteiger charge is -2.07. The molecule has 0 aliphatic rings. The Hall–Kier alpha value is -2.41. The third kappa shape index (κ3) is 2.94. The molecule has 0 fully saturated rings. The minimum Gasteiger partial charge on any atom is -0.461 e. The Labute approximate surface area is 130 Å². The molecule has 6 nitrogen and oxygen atoms in total. The maximum Gasteiger partial charge on any atom is 0.349 e. The minimum atomic E-state index is -0.592. The van der Waals surface area contributed by atoms with Gasteiger partial charge >= 0.3 is 5.97 Å². The first-order chi connectivity index (χ1) is 10.5. The second-order valence-corrected chi connectivity index (χ2v) is 5.86. The first-order valence-electron chi connectivity index (χ1n) is 6.70. The summed E-state index contributed by atoms with van der Waals surface area (Å²) < 4.78 is 16.1. The van der Waals surface area contributed by atoms with Crippen molar-refractivity contribution >= 4 is 17.3 Å². The average Bonchev–Trinajstić information content (AvgIpc) is 3.18. The topological polar surface area (TPSA) is 78.4 Å². The summed E-state index contributed by atoms with van der Waals surface area (Å²) in [5.41, 5.74) is 0. The van der Waals surface area contributed by atoms with Crippen LogP contribution < -0.4 is 0 Å². The highest BCUT2D eigenvalue weighted by Crippen LogP contribution is 2.30. The summed E-state index contributed by atoms with van der Waals surface area (Å²) in [5.74, 6) is 1.85. The molecule has 114 valence electrons. The van der Waals surface area contributed by atoms with Crippen molar-refractivity contribution in [3.63, 3.8) is 0 Å². The van der Waals surface area contributed by atoms with Crippen LogP contribution in [-0.2, 0) is 4.74 Å². The normalized spacial score (nSPS) is 12.3. The van der Waals surface area contributed by atoms with Crippen LogP contribution in [0.15, 0.2) is 33.1 Å². The highest BCUT2D eigenvalue weighted by atomic mass is 32.1.